The average Bonchev–Trinajstić information content (AvgIpc) is 3.33. The zero-order valence-electron chi connectivity index (χ0n) is 18.4. The third-order valence-corrected chi connectivity index (χ3v) is 6.27. The van der Waals surface area contributed by atoms with E-state index in [0.29, 0.717) is 16.9 Å². The van der Waals surface area contributed by atoms with Gasteiger partial charge < -0.3 is 24.7 Å². The van der Waals surface area contributed by atoms with Crippen molar-refractivity contribution in [2.75, 3.05) is 25.4 Å². The lowest BCUT2D eigenvalue weighted by Gasteiger charge is -2.34. The molecule has 0 bridgehead atoms. The lowest BCUT2D eigenvalue weighted by molar-refractivity contribution is -0.298. The monoisotopic (exact) mass is 455 g/mol. The van der Waals surface area contributed by atoms with E-state index in [1.54, 1.807) is 6.20 Å². The molecule has 2 aromatic rings. The first-order valence-corrected chi connectivity index (χ1v) is 11.9. The number of aromatic nitrogens is 4. The van der Waals surface area contributed by atoms with Crippen LogP contribution in [0, 0.1) is 0 Å². The molecule has 0 aliphatic carbocycles. The Morgan fingerprint density at radius 3 is 2.61 bits per heavy atom. The highest BCUT2D eigenvalue weighted by Crippen LogP contribution is 2.42. The van der Waals surface area contributed by atoms with Gasteiger partial charge in [0.25, 0.3) is 0 Å². The van der Waals surface area contributed by atoms with Crippen molar-refractivity contribution >= 4 is 22.9 Å². The molecule has 31 heavy (non-hydrogen) atoms. The smallest absolute Gasteiger partial charge is 0.319 e. The molecule has 3 heterocycles. The van der Waals surface area contributed by atoms with Crippen LogP contribution < -0.4 is 4.74 Å². The predicted octanol–water partition coefficient (Wildman–Crippen LogP) is 2.09. The number of rotatable bonds is 13. The summed E-state index contributed by atoms with van der Waals surface area (Å²) in [6.07, 6.45) is 4.36. The first-order chi connectivity index (χ1) is 15.0. The van der Waals surface area contributed by atoms with E-state index in [2.05, 4.69) is 33.8 Å². The predicted molar refractivity (Wildman–Crippen MR) is 117 cm³/mol. The number of ether oxygens (including phenoxy) is 2. The van der Waals surface area contributed by atoms with E-state index < -0.39 is 23.4 Å². The SMILES string of the molecule is CCCCN(CCCC)O[C@@H]1O[C@H](CO)[C@@H](Oc2ncc3[nH]cnc3n2)[C@@]1(O)SCC. The number of hydrogen-bond donors (Lipinski definition) is 3. The fourth-order valence-electron chi connectivity index (χ4n) is 3.42. The van der Waals surface area contributed by atoms with Gasteiger partial charge in [-0.2, -0.15) is 10.0 Å². The van der Waals surface area contributed by atoms with Crippen molar-refractivity contribution in [3.63, 3.8) is 0 Å². The van der Waals surface area contributed by atoms with Gasteiger partial charge in [-0.1, -0.05) is 33.6 Å². The van der Waals surface area contributed by atoms with Crippen LogP contribution in [0.25, 0.3) is 11.2 Å². The van der Waals surface area contributed by atoms with Gasteiger partial charge in [0.05, 0.1) is 19.1 Å². The molecule has 0 amide bonds. The molecule has 3 rings (SSSR count). The van der Waals surface area contributed by atoms with Crippen LogP contribution in [0.1, 0.15) is 46.5 Å². The Hall–Kier alpha value is -1.50. The van der Waals surface area contributed by atoms with Crippen molar-refractivity contribution in [2.24, 2.45) is 0 Å². The van der Waals surface area contributed by atoms with Gasteiger partial charge in [0, 0.05) is 13.1 Å². The Morgan fingerprint density at radius 2 is 1.97 bits per heavy atom. The van der Waals surface area contributed by atoms with Crippen LogP contribution in [0.2, 0.25) is 0 Å². The summed E-state index contributed by atoms with van der Waals surface area (Å²) in [6.45, 7) is 7.30. The number of thioether (sulfide) groups is 1. The van der Waals surface area contributed by atoms with E-state index in [9.17, 15) is 10.2 Å². The molecule has 2 aromatic heterocycles. The molecule has 0 aromatic carbocycles. The fourth-order valence-corrected chi connectivity index (χ4v) is 4.48. The molecule has 0 saturated carbocycles. The number of H-pyrrole nitrogens is 1. The van der Waals surface area contributed by atoms with Crippen molar-refractivity contribution in [3.05, 3.63) is 12.5 Å². The number of hydrogen-bond acceptors (Lipinski definition) is 10. The molecule has 3 N–H and O–H groups in total. The Balaban J connectivity index is 1.81. The number of aliphatic hydroxyl groups is 2. The highest BCUT2D eigenvalue weighted by atomic mass is 32.2. The van der Waals surface area contributed by atoms with E-state index >= 15 is 0 Å². The van der Waals surface area contributed by atoms with Gasteiger partial charge in [0.2, 0.25) is 11.2 Å². The standard InChI is InChI=1S/C20H33N5O5S/c1-4-7-9-25(10-8-5-2)30-18-20(27,31-6-3)16(15(12-26)28-18)29-19-21-11-14-17(24-19)23-13-22-14/h11,13,15-16,18,26-27H,4-10,12H2,1-3H3,(H,21,22,23,24)/t15-,16-,18+,20-/m1/s1. The molecular weight excluding hydrogens is 422 g/mol. The van der Waals surface area contributed by atoms with Gasteiger partial charge in [-0.15, -0.1) is 11.8 Å². The lowest BCUT2D eigenvalue weighted by atomic mass is 10.1. The van der Waals surface area contributed by atoms with Crippen molar-refractivity contribution in [2.45, 2.75) is 69.9 Å². The first kappa shape index (κ1) is 24.1. The third kappa shape index (κ3) is 5.65. The minimum absolute atomic E-state index is 0.0521. The summed E-state index contributed by atoms with van der Waals surface area (Å²) >= 11 is 1.26. The second kappa shape index (κ2) is 11.4. The van der Waals surface area contributed by atoms with Gasteiger partial charge in [-0.25, -0.2) is 9.97 Å². The van der Waals surface area contributed by atoms with Gasteiger partial charge >= 0.3 is 6.01 Å². The van der Waals surface area contributed by atoms with Crippen molar-refractivity contribution in [1.82, 2.24) is 25.0 Å². The van der Waals surface area contributed by atoms with Crippen molar-refractivity contribution < 1.29 is 24.5 Å². The largest absolute Gasteiger partial charge is 0.453 e. The zero-order chi connectivity index (χ0) is 22.3. The molecule has 4 atom stereocenters. The number of fused-ring (bicyclic) bond motifs is 1. The molecule has 0 radical (unpaired) electrons. The van der Waals surface area contributed by atoms with E-state index in [-0.39, 0.29) is 12.6 Å². The molecule has 174 valence electrons. The molecule has 0 unspecified atom stereocenters. The van der Waals surface area contributed by atoms with E-state index in [1.165, 1.54) is 18.1 Å². The Kier molecular flexibility index (Phi) is 8.87. The number of aromatic amines is 1. The molecule has 11 heteroatoms. The van der Waals surface area contributed by atoms with Gasteiger partial charge in [0.15, 0.2) is 11.8 Å². The summed E-state index contributed by atoms with van der Waals surface area (Å²) in [4.78, 5) is 20.1. The van der Waals surface area contributed by atoms with Crippen LogP contribution in [-0.4, -0.2) is 84.1 Å². The highest BCUT2D eigenvalue weighted by molar-refractivity contribution is 8.00. The third-order valence-electron chi connectivity index (χ3n) is 5.09. The number of nitrogens with one attached hydrogen (secondary N) is 1. The van der Waals surface area contributed by atoms with Gasteiger partial charge in [-0.05, 0) is 18.6 Å². The Morgan fingerprint density at radius 1 is 1.23 bits per heavy atom. The second-order valence-electron chi connectivity index (χ2n) is 7.45. The number of hydroxylamine groups is 2. The normalized spacial score (nSPS) is 26.2. The minimum Gasteiger partial charge on any atom is -0.453 e. The van der Waals surface area contributed by atoms with E-state index in [1.807, 2.05) is 12.0 Å². The van der Waals surface area contributed by atoms with Crippen molar-refractivity contribution in [3.8, 4) is 6.01 Å². The number of aliphatic hydroxyl groups excluding tert-OH is 1. The van der Waals surface area contributed by atoms with Crippen molar-refractivity contribution in [1.29, 1.82) is 0 Å². The lowest BCUT2D eigenvalue weighted by Crippen LogP contribution is -2.51. The number of nitrogens with zero attached hydrogens (tertiary/aromatic N) is 4. The summed E-state index contributed by atoms with van der Waals surface area (Å²) in [5.74, 6) is 0.598. The molecule has 1 saturated heterocycles. The average molecular weight is 456 g/mol. The maximum atomic E-state index is 11.6. The van der Waals surface area contributed by atoms with Crippen LogP contribution in [0.3, 0.4) is 0 Å². The molecule has 1 fully saturated rings. The Labute approximate surface area is 186 Å². The fraction of sp³-hybridized carbons (Fsp3) is 0.750. The van der Waals surface area contributed by atoms with Crippen LogP contribution in [0.15, 0.2) is 12.5 Å². The van der Waals surface area contributed by atoms with E-state index in [0.717, 1.165) is 38.8 Å². The summed E-state index contributed by atoms with van der Waals surface area (Å²) in [7, 11) is 0. The van der Waals surface area contributed by atoms with Gasteiger partial charge in [-0.3, -0.25) is 4.84 Å². The molecule has 1 aliphatic heterocycles. The van der Waals surface area contributed by atoms with Crippen LogP contribution in [0.4, 0.5) is 0 Å². The number of imidazole rings is 1. The molecule has 10 nitrogen and oxygen atoms in total. The summed E-state index contributed by atoms with van der Waals surface area (Å²) in [6, 6.07) is 0.0521. The number of unbranched alkanes of at least 4 members (excludes halogenated alkanes) is 2. The highest BCUT2D eigenvalue weighted by Gasteiger charge is 2.59. The maximum absolute atomic E-state index is 11.6. The molecule has 1 aliphatic rings. The van der Waals surface area contributed by atoms with Crippen LogP contribution in [0.5, 0.6) is 6.01 Å². The topological polar surface area (TPSA) is 126 Å². The van der Waals surface area contributed by atoms with Crippen LogP contribution in [-0.2, 0) is 9.57 Å². The zero-order valence-corrected chi connectivity index (χ0v) is 19.2. The van der Waals surface area contributed by atoms with E-state index in [4.69, 9.17) is 14.3 Å². The first-order valence-electron chi connectivity index (χ1n) is 10.9. The summed E-state index contributed by atoms with van der Waals surface area (Å²) in [5.41, 5.74) is 1.13. The summed E-state index contributed by atoms with van der Waals surface area (Å²) < 4.78 is 11.9. The van der Waals surface area contributed by atoms with Crippen LogP contribution >= 0.6 is 11.8 Å². The quantitative estimate of drug-likeness (QED) is 0.305. The maximum Gasteiger partial charge on any atom is 0.319 e. The Bertz CT molecular complexity index is 803. The minimum atomic E-state index is -1.55. The molecular formula is C20H33N5O5S. The molecule has 0 spiro atoms. The summed E-state index contributed by atoms with van der Waals surface area (Å²) in [5, 5.41) is 23.4. The second-order valence-corrected chi connectivity index (χ2v) is 8.97. The van der Waals surface area contributed by atoms with Gasteiger partial charge in [0.1, 0.15) is 11.6 Å².